The molecule has 3 N–H and O–H groups in total. The van der Waals surface area contributed by atoms with E-state index in [4.69, 9.17) is 17.3 Å². The largest absolute Gasteiger partial charge is 0.505 e. The van der Waals surface area contributed by atoms with Crippen LogP contribution in [0, 0.1) is 11.7 Å². The highest BCUT2D eigenvalue weighted by atomic mass is 35.5. The molecule has 0 saturated heterocycles. The van der Waals surface area contributed by atoms with Crippen LogP contribution in [0.5, 0.6) is 5.75 Å². The van der Waals surface area contributed by atoms with Gasteiger partial charge >= 0.3 is 0 Å². The van der Waals surface area contributed by atoms with Gasteiger partial charge in [-0.3, -0.25) is 0 Å². The molecular formula is C12H15ClFNO. The molecule has 16 heavy (non-hydrogen) atoms. The Morgan fingerprint density at radius 1 is 1.38 bits per heavy atom. The van der Waals surface area contributed by atoms with Crippen LogP contribution < -0.4 is 5.73 Å². The van der Waals surface area contributed by atoms with Gasteiger partial charge in [0.25, 0.3) is 0 Å². The van der Waals surface area contributed by atoms with E-state index in [9.17, 15) is 9.50 Å². The van der Waals surface area contributed by atoms with Crippen molar-refractivity contribution in [3.63, 3.8) is 0 Å². The molecular weight excluding hydrogens is 229 g/mol. The van der Waals surface area contributed by atoms with Crippen LogP contribution in [0.3, 0.4) is 0 Å². The van der Waals surface area contributed by atoms with E-state index in [0.717, 1.165) is 31.7 Å². The molecule has 88 valence electrons. The van der Waals surface area contributed by atoms with E-state index >= 15 is 0 Å². The first-order valence-corrected chi connectivity index (χ1v) is 5.91. The quantitative estimate of drug-likeness (QED) is 0.837. The average molecular weight is 244 g/mol. The fraction of sp³-hybridized carbons (Fsp3) is 0.500. The predicted octanol–water partition coefficient (Wildman–Crippen LogP) is 3.37. The third kappa shape index (κ3) is 2.15. The molecule has 0 aromatic heterocycles. The Morgan fingerprint density at radius 3 is 2.62 bits per heavy atom. The first-order valence-electron chi connectivity index (χ1n) is 5.53. The molecule has 1 aliphatic carbocycles. The number of phenols is 1. The van der Waals surface area contributed by atoms with E-state index in [1.807, 2.05) is 0 Å². The summed E-state index contributed by atoms with van der Waals surface area (Å²) >= 11 is 5.77. The van der Waals surface area contributed by atoms with Crippen LogP contribution in [0.2, 0.25) is 5.02 Å². The Morgan fingerprint density at radius 2 is 2.00 bits per heavy atom. The molecule has 1 fully saturated rings. The second-order valence-electron chi connectivity index (χ2n) is 4.40. The zero-order chi connectivity index (χ0) is 11.7. The number of halogens is 2. The molecule has 1 aliphatic rings. The van der Waals surface area contributed by atoms with Gasteiger partial charge in [0.05, 0.1) is 0 Å². The van der Waals surface area contributed by atoms with Gasteiger partial charge in [0.1, 0.15) is 0 Å². The SMILES string of the molecule is N[C@H](c1cc(Cl)cc(F)c1O)C1CCCC1. The summed E-state index contributed by atoms with van der Waals surface area (Å²) in [6.07, 6.45) is 4.38. The second kappa shape index (κ2) is 4.60. The highest BCUT2D eigenvalue weighted by Gasteiger charge is 2.26. The summed E-state index contributed by atoms with van der Waals surface area (Å²) in [5.74, 6) is -0.733. The van der Waals surface area contributed by atoms with Gasteiger partial charge in [-0.15, -0.1) is 0 Å². The summed E-state index contributed by atoms with van der Waals surface area (Å²) < 4.78 is 13.3. The summed E-state index contributed by atoms with van der Waals surface area (Å²) in [6, 6.07) is 2.33. The van der Waals surface area contributed by atoms with Gasteiger partial charge in [0.15, 0.2) is 11.6 Å². The Labute approximate surface area is 99.2 Å². The molecule has 1 aromatic rings. The number of rotatable bonds is 2. The fourth-order valence-electron chi connectivity index (χ4n) is 2.41. The summed E-state index contributed by atoms with van der Waals surface area (Å²) in [5, 5.41) is 9.92. The maximum absolute atomic E-state index is 13.3. The molecule has 0 bridgehead atoms. The van der Waals surface area contributed by atoms with Crippen molar-refractivity contribution in [3.8, 4) is 5.75 Å². The maximum Gasteiger partial charge on any atom is 0.166 e. The molecule has 1 aromatic carbocycles. The molecule has 2 rings (SSSR count). The molecule has 0 aliphatic heterocycles. The van der Waals surface area contributed by atoms with Crippen molar-refractivity contribution < 1.29 is 9.50 Å². The number of hydrogen-bond donors (Lipinski definition) is 2. The van der Waals surface area contributed by atoms with Crippen LogP contribution >= 0.6 is 11.6 Å². The Bertz CT molecular complexity index is 391. The standard InChI is InChI=1S/C12H15ClFNO/c13-8-5-9(12(16)10(14)6-8)11(15)7-3-1-2-4-7/h5-7,11,16H,1-4,15H2/t11-/m0/s1. The third-order valence-corrected chi connectivity index (χ3v) is 3.54. The van der Waals surface area contributed by atoms with Crippen molar-refractivity contribution in [1.29, 1.82) is 0 Å². The van der Waals surface area contributed by atoms with Crippen LogP contribution in [0.4, 0.5) is 4.39 Å². The molecule has 1 saturated carbocycles. The minimum Gasteiger partial charge on any atom is -0.505 e. The lowest BCUT2D eigenvalue weighted by molar-refractivity contribution is 0.392. The van der Waals surface area contributed by atoms with E-state index in [-0.39, 0.29) is 16.8 Å². The lowest BCUT2D eigenvalue weighted by Crippen LogP contribution is -2.19. The van der Waals surface area contributed by atoms with Gasteiger partial charge < -0.3 is 10.8 Å². The molecule has 2 nitrogen and oxygen atoms in total. The maximum atomic E-state index is 13.3. The molecule has 0 unspecified atom stereocenters. The predicted molar refractivity (Wildman–Crippen MR) is 62.0 cm³/mol. The second-order valence-corrected chi connectivity index (χ2v) is 4.83. The lowest BCUT2D eigenvalue weighted by Gasteiger charge is -2.20. The fourth-order valence-corrected chi connectivity index (χ4v) is 2.62. The minimum absolute atomic E-state index is 0.277. The summed E-state index contributed by atoms with van der Waals surface area (Å²) in [4.78, 5) is 0. The van der Waals surface area contributed by atoms with Gasteiger partial charge in [-0.05, 0) is 30.9 Å². The van der Waals surface area contributed by atoms with Crippen LogP contribution in [0.1, 0.15) is 37.3 Å². The van der Waals surface area contributed by atoms with Crippen molar-refractivity contribution in [3.05, 3.63) is 28.5 Å². The minimum atomic E-state index is -0.698. The van der Waals surface area contributed by atoms with Crippen LogP contribution in [-0.4, -0.2) is 5.11 Å². The van der Waals surface area contributed by atoms with E-state index in [1.165, 1.54) is 0 Å². The van der Waals surface area contributed by atoms with Gasteiger partial charge in [-0.2, -0.15) is 0 Å². The van der Waals surface area contributed by atoms with Gasteiger partial charge in [-0.1, -0.05) is 24.4 Å². The normalized spacial score (nSPS) is 18.9. The van der Waals surface area contributed by atoms with Crippen molar-refractivity contribution >= 4 is 11.6 Å². The number of phenolic OH excluding ortho intramolecular Hbond substituents is 1. The van der Waals surface area contributed by atoms with Crippen molar-refractivity contribution in [2.45, 2.75) is 31.7 Å². The topological polar surface area (TPSA) is 46.2 Å². The first kappa shape index (κ1) is 11.7. The van der Waals surface area contributed by atoms with E-state index < -0.39 is 5.82 Å². The van der Waals surface area contributed by atoms with E-state index in [1.54, 1.807) is 6.07 Å². The average Bonchev–Trinajstić information content (AvgIpc) is 2.75. The number of hydrogen-bond acceptors (Lipinski definition) is 2. The zero-order valence-electron chi connectivity index (χ0n) is 8.92. The highest BCUT2D eigenvalue weighted by molar-refractivity contribution is 6.30. The van der Waals surface area contributed by atoms with Gasteiger partial charge in [-0.25, -0.2) is 4.39 Å². The Hall–Kier alpha value is -0.800. The third-order valence-electron chi connectivity index (χ3n) is 3.32. The van der Waals surface area contributed by atoms with Crippen LogP contribution in [-0.2, 0) is 0 Å². The van der Waals surface area contributed by atoms with Crippen molar-refractivity contribution in [2.24, 2.45) is 11.7 Å². The lowest BCUT2D eigenvalue weighted by atomic mass is 9.92. The van der Waals surface area contributed by atoms with Crippen molar-refractivity contribution in [1.82, 2.24) is 0 Å². The van der Waals surface area contributed by atoms with Gasteiger partial charge in [0, 0.05) is 16.6 Å². The summed E-state index contributed by atoms with van der Waals surface area (Å²) in [7, 11) is 0. The molecule has 4 heteroatoms. The molecule has 1 atom stereocenters. The monoisotopic (exact) mass is 243 g/mol. The number of aromatic hydroxyl groups is 1. The Balaban J connectivity index is 2.31. The smallest absolute Gasteiger partial charge is 0.166 e. The first-order chi connectivity index (χ1) is 7.59. The van der Waals surface area contributed by atoms with Crippen LogP contribution in [0.15, 0.2) is 12.1 Å². The highest BCUT2D eigenvalue weighted by Crippen LogP contribution is 2.39. The summed E-state index contributed by atoms with van der Waals surface area (Å²) in [6.45, 7) is 0. The van der Waals surface area contributed by atoms with Gasteiger partial charge in [0.2, 0.25) is 0 Å². The van der Waals surface area contributed by atoms with Crippen molar-refractivity contribution in [2.75, 3.05) is 0 Å². The summed E-state index contributed by atoms with van der Waals surface area (Å²) in [5.41, 5.74) is 6.48. The molecule has 0 heterocycles. The number of nitrogens with two attached hydrogens (primary N) is 1. The zero-order valence-corrected chi connectivity index (χ0v) is 9.67. The molecule has 0 spiro atoms. The van der Waals surface area contributed by atoms with E-state index in [2.05, 4.69) is 0 Å². The molecule has 0 radical (unpaired) electrons. The van der Waals surface area contributed by atoms with Crippen LogP contribution in [0.25, 0.3) is 0 Å². The molecule has 0 amide bonds. The van der Waals surface area contributed by atoms with E-state index in [0.29, 0.717) is 11.5 Å². The Kier molecular flexibility index (Phi) is 3.36. The number of benzene rings is 1.